The molecule has 1 unspecified atom stereocenters. The smallest absolute Gasteiger partial charge is 0.339 e. The van der Waals surface area contributed by atoms with Crippen molar-refractivity contribution in [3.05, 3.63) is 67.5 Å². The van der Waals surface area contributed by atoms with Gasteiger partial charge in [0.15, 0.2) is 6.61 Å². The monoisotopic (exact) mass is 478 g/mol. The second-order valence-electron chi connectivity index (χ2n) is 9.69. The molecule has 3 aromatic rings. The molecule has 2 N–H and O–H groups in total. The highest BCUT2D eigenvalue weighted by atomic mass is 16.5. The summed E-state index contributed by atoms with van der Waals surface area (Å²) in [4.78, 5) is 56.3. The molecular weight excluding hydrogens is 448 g/mol. The van der Waals surface area contributed by atoms with Gasteiger partial charge < -0.3 is 10.5 Å². The molecule has 9 nitrogen and oxygen atoms in total. The van der Waals surface area contributed by atoms with Gasteiger partial charge in [-0.05, 0) is 42.7 Å². The number of anilines is 1. The van der Waals surface area contributed by atoms with Crippen molar-refractivity contribution in [3.63, 3.8) is 0 Å². The van der Waals surface area contributed by atoms with Crippen LogP contribution in [0.1, 0.15) is 59.2 Å². The van der Waals surface area contributed by atoms with Crippen molar-refractivity contribution in [2.75, 3.05) is 12.3 Å². The van der Waals surface area contributed by atoms with Gasteiger partial charge in [-0.2, -0.15) is 0 Å². The van der Waals surface area contributed by atoms with Crippen LogP contribution in [-0.4, -0.2) is 32.5 Å². The van der Waals surface area contributed by atoms with Crippen molar-refractivity contribution >= 4 is 28.5 Å². The number of rotatable bonds is 6. The number of nitrogens with two attached hydrogens (primary N) is 1. The van der Waals surface area contributed by atoms with E-state index in [4.69, 9.17) is 15.5 Å². The minimum absolute atomic E-state index is 0.0572. The van der Waals surface area contributed by atoms with Gasteiger partial charge in [0.25, 0.3) is 5.56 Å². The van der Waals surface area contributed by atoms with Gasteiger partial charge in [0.05, 0.1) is 11.1 Å². The molecule has 0 bridgehead atoms. The molecule has 2 heterocycles. The number of aromatic nitrogens is 3. The summed E-state index contributed by atoms with van der Waals surface area (Å²) in [5.41, 5.74) is 7.15. The lowest BCUT2D eigenvalue weighted by molar-refractivity contribution is 0.0474. The van der Waals surface area contributed by atoms with Gasteiger partial charge in [-0.25, -0.2) is 9.59 Å². The molecule has 0 amide bonds. The van der Waals surface area contributed by atoms with Crippen LogP contribution in [0.2, 0.25) is 0 Å². The summed E-state index contributed by atoms with van der Waals surface area (Å²) >= 11 is 0. The first-order chi connectivity index (χ1) is 16.6. The van der Waals surface area contributed by atoms with Crippen molar-refractivity contribution in [1.82, 2.24) is 14.1 Å². The molecule has 1 aliphatic rings. The molecule has 0 saturated heterocycles. The number of para-hydroxylation sites is 1. The first-order valence-electron chi connectivity index (χ1n) is 11.8. The lowest BCUT2D eigenvalue weighted by Gasteiger charge is -2.24. The number of aryl methyl sites for hydroxylation is 1. The lowest BCUT2D eigenvalue weighted by atomic mass is 9.84. The number of hydrogen-bond acceptors (Lipinski definition) is 7. The number of benzene rings is 1. The second kappa shape index (κ2) is 9.48. The van der Waals surface area contributed by atoms with Crippen LogP contribution in [-0.2, 0) is 31.2 Å². The predicted octanol–water partition coefficient (Wildman–Crippen LogP) is 2.50. The van der Waals surface area contributed by atoms with E-state index in [0.29, 0.717) is 28.8 Å². The Morgan fingerprint density at radius 1 is 1.20 bits per heavy atom. The standard InChI is InChI=1S/C26H30N4O5/c1-14(2)12-30-23(27)22(24(32)29(4)26(30)34)20(31)13-35-25(33)21-16-7-5-6-8-18(16)28-19-10-9-15(3)11-17(19)21/h5-8,14-15H,9-13,27H2,1-4H3. The third kappa shape index (κ3) is 4.50. The summed E-state index contributed by atoms with van der Waals surface area (Å²) in [5, 5.41) is 0.665. The summed E-state index contributed by atoms with van der Waals surface area (Å²) in [6, 6.07) is 7.34. The average Bonchev–Trinajstić information content (AvgIpc) is 2.82. The number of carbonyl (C=O) groups is 2. The maximum atomic E-state index is 13.3. The van der Waals surface area contributed by atoms with Crippen molar-refractivity contribution in [3.8, 4) is 0 Å². The topological polar surface area (TPSA) is 126 Å². The Morgan fingerprint density at radius 3 is 2.63 bits per heavy atom. The van der Waals surface area contributed by atoms with Gasteiger partial charge in [0, 0.05) is 24.7 Å². The molecule has 35 heavy (non-hydrogen) atoms. The van der Waals surface area contributed by atoms with Gasteiger partial charge in [-0.1, -0.05) is 39.0 Å². The minimum Gasteiger partial charge on any atom is -0.454 e. The fourth-order valence-electron chi connectivity index (χ4n) is 4.66. The third-order valence-corrected chi connectivity index (χ3v) is 6.45. The van der Waals surface area contributed by atoms with Crippen LogP contribution in [0.25, 0.3) is 10.9 Å². The zero-order chi connectivity index (χ0) is 25.4. The van der Waals surface area contributed by atoms with Crippen molar-refractivity contribution in [1.29, 1.82) is 0 Å². The van der Waals surface area contributed by atoms with E-state index < -0.39 is 29.6 Å². The number of esters is 1. The Balaban J connectivity index is 1.68. The molecule has 9 heteroatoms. The van der Waals surface area contributed by atoms with Gasteiger partial charge in [0.2, 0.25) is 5.78 Å². The van der Waals surface area contributed by atoms with Crippen LogP contribution < -0.4 is 17.0 Å². The highest BCUT2D eigenvalue weighted by Crippen LogP contribution is 2.32. The van der Waals surface area contributed by atoms with E-state index in [-0.39, 0.29) is 23.8 Å². The number of fused-ring (bicyclic) bond motifs is 2. The van der Waals surface area contributed by atoms with E-state index in [1.54, 1.807) is 0 Å². The van der Waals surface area contributed by atoms with Crippen molar-refractivity contribution in [2.45, 2.75) is 46.6 Å². The van der Waals surface area contributed by atoms with E-state index in [1.807, 2.05) is 38.1 Å². The molecule has 0 saturated carbocycles. The van der Waals surface area contributed by atoms with Gasteiger partial charge >= 0.3 is 11.7 Å². The van der Waals surface area contributed by atoms with E-state index in [2.05, 4.69) is 6.92 Å². The first kappa shape index (κ1) is 24.4. The van der Waals surface area contributed by atoms with E-state index in [0.717, 1.165) is 28.7 Å². The number of nitrogens with zero attached hydrogens (tertiary/aromatic N) is 3. The summed E-state index contributed by atoms with van der Waals surface area (Å²) in [5.74, 6) is -1.17. The van der Waals surface area contributed by atoms with Crippen LogP contribution in [0, 0.1) is 11.8 Å². The third-order valence-electron chi connectivity index (χ3n) is 6.45. The van der Waals surface area contributed by atoms with Crippen LogP contribution in [0.3, 0.4) is 0 Å². The average molecular weight is 479 g/mol. The van der Waals surface area contributed by atoms with Crippen LogP contribution in [0.5, 0.6) is 0 Å². The van der Waals surface area contributed by atoms with Gasteiger partial charge in [0.1, 0.15) is 11.4 Å². The van der Waals surface area contributed by atoms with Crippen LogP contribution in [0.15, 0.2) is 33.9 Å². The molecule has 0 radical (unpaired) electrons. The molecule has 0 spiro atoms. The predicted molar refractivity (Wildman–Crippen MR) is 133 cm³/mol. The van der Waals surface area contributed by atoms with E-state index in [1.165, 1.54) is 11.6 Å². The molecule has 184 valence electrons. The number of ether oxygens (including phenoxy) is 1. The maximum absolute atomic E-state index is 13.3. The zero-order valence-corrected chi connectivity index (χ0v) is 20.5. The number of pyridine rings is 1. The fraction of sp³-hybridized carbons (Fsp3) is 0.423. The molecule has 1 atom stereocenters. The SMILES string of the molecule is CC(C)Cn1c(N)c(C(=O)COC(=O)c2c3c(nc4ccccc24)CCC(C)C3)c(=O)n(C)c1=O. The molecule has 2 aromatic heterocycles. The molecule has 1 aromatic carbocycles. The molecular formula is C26H30N4O5. The Morgan fingerprint density at radius 2 is 1.91 bits per heavy atom. The van der Waals surface area contributed by atoms with Gasteiger partial charge in [-0.3, -0.25) is 23.7 Å². The van der Waals surface area contributed by atoms with Crippen molar-refractivity contribution < 1.29 is 14.3 Å². The Kier molecular flexibility index (Phi) is 6.60. The van der Waals surface area contributed by atoms with E-state index >= 15 is 0 Å². The van der Waals surface area contributed by atoms with Gasteiger partial charge in [-0.15, -0.1) is 0 Å². The molecule has 0 aliphatic heterocycles. The Bertz CT molecular complexity index is 1450. The number of ketones is 1. The normalized spacial score (nSPS) is 15.3. The molecule has 4 rings (SSSR count). The van der Waals surface area contributed by atoms with Crippen molar-refractivity contribution in [2.24, 2.45) is 18.9 Å². The summed E-state index contributed by atoms with van der Waals surface area (Å²) in [6.07, 6.45) is 2.45. The van der Waals surface area contributed by atoms with Crippen LogP contribution >= 0.6 is 0 Å². The Hall–Kier alpha value is -3.75. The highest BCUT2D eigenvalue weighted by molar-refractivity contribution is 6.07. The second-order valence-corrected chi connectivity index (χ2v) is 9.69. The summed E-state index contributed by atoms with van der Waals surface area (Å²) in [6.45, 7) is 5.48. The largest absolute Gasteiger partial charge is 0.454 e. The lowest BCUT2D eigenvalue weighted by Crippen LogP contribution is -2.43. The summed E-state index contributed by atoms with van der Waals surface area (Å²) in [7, 11) is 1.29. The minimum atomic E-state index is -0.811. The number of carbonyl (C=O) groups excluding carboxylic acids is 2. The Labute approximate surface area is 202 Å². The first-order valence-corrected chi connectivity index (χ1v) is 11.8. The highest BCUT2D eigenvalue weighted by Gasteiger charge is 2.28. The maximum Gasteiger partial charge on any atom is 0.339 e. The summed E-state index contributed by atoms with van der Waals surface area (Å²) < 4.78 is 7.50. The fourth-order valence-corrected chi connectivity index (χ4v) is 4.66. The number of Topliss-reactive ketones (excluding diaryl/α,β-unsaturated/α-hetero) is 1. The van der Waals surface area contributed by atoms with Crippen LogP contribution in [0.4, 0.5) is 5.82 Å². The quantitative estimate of drug-likeness (QED) is 0.426. The number of hydrogen-bond donors (Lipinski definition) is 1. The zero-order valence-electron chi connectivity index (χ0n) is 20.5. The molecule has 1 aliphatic carbocycles. The van der Waals surface area contributed by atoms with E-state index in [9.17, 15) is 19.2 Å². The number of nitrogen functional groups attached to an aromatic ring is 1. The molecule has 0 fully saturated rings.